The van der Waals surface area contributed by atoms with Crippen LogP contribution in [0.3, 0.4) is 0 Å². The first-order chi connectivity index (χ1) is 9.43. The van der Waals surface area contributed by atoms with Gasteiger partial charge < -0.3 is 10.1 Å². The van der Waals surface area contributed by atoms with Crippen LogP contribution in [-0.2, 0) is 9.53 Å². The van der Waals surface area contributed by atoms with Crippen molar-refractivity contribution in [2.24, 2.45) is 0 Å². The fourth-order valence-electron chi connectivity index (χ4n) is 1.28. The molecule has 104 valence electrons. The molecule has 0 fully saturated rings. The molecule has 0 aliphatic rings. The van der Waals surface area contributed by atoms with E-state index in [1.807, 2.05) is 0 Å². The Morgan fingerprint density at radius 3 is 2.85 bits per heavy atom. The van der Waals surface area contributed by atoms with Gasteiger partial charge in [0.25, 0.3) is 11.6 Å². The molecule has 1 atom stereocenters. The van der Waals surface area contributed by atoms with Gasteiger partial charge in [0.15, 0.2) is 6.10 Å². The minimum Gasteiger partial charge on any atom is -0.446 e. The number of benzene rings is 1. The van der Waals surface area contributed by atoms with Crippen LogP contribution in [0.25, 0.3) is 0 Å². The molecule has 0 aliphatic carbocycles. The molecular formula is C12H11N3O5. The van der Waals surface area contributed by atoms with Crippen molar-refractivity contribution in [2.45, 2.75) is 13.0 Å². The molecule has 0 saturated heterocycles. The third-order valence-electron chi connectivity index (χ3n) is 2.20. The van der Waals surface area contributed by atoms with Gasteiger partial charge in [0.1, 0.15) is 12.6 Å². The summed E-state index contributed by atoms with van der Waals surface area (Å²) < 4.78 is 4.62. The highest BCUT2D eigenvalue weighted by Gasteiger charge is 2.14. The van der Waals surface area contributed by atoms with Gasteiger partial charge in [-0.15, -0.1) is 0 Å². The van der Waals surface area contributed by atoms with Gasteiger partial charge in [-0.1, -0.05) is 6.07 Å². The van der Waals surface area contributed by atoms with Gasteiger partial charge in [-0.3, -0.25) is 19.7 Å². The molecule has 0 heterocycles. The zero-order valence-corrected chi connectivity index (χ0v) is 10.5. The normalized spacial score (nSPS) is 11.0. The lowest BCUT2D eigenvalue weighted by Crippen LogP contribution is -2.31. The summed E-state index contributed by atoms with van der Waals surface area (Å²) in [5.41, 5.74) is -0.168. The van der Waals surface area contributed by atoms with E-state index in [9.17, 15) is 19.7 Å². The standard InChI is InChI=1S/C12H11N3O5/c1-8(6-13)20-11(16)7-14-12(17)9-3-2-4-10(5-9)15(18)19/h2-5,8H,7H2,1H3,(H,14,17)/t8-/m1/s1. The van der Waals surface area contributed by atoms with Crippen molar-refractivity contribution in [3.8, 4) is 6.07 Å². The zero-order chi connectivity index (χ0) is 15.1. The Kier molecular flexibility index (Phi) is 5.17. The maximum absolute atomic E-state index is 11.7. The summed E-state index contributed by atoms with van der Waals surface area (Å²) in [6.45, 7) is 0.966. The Labute approximate surface area is 114 Å². The summed E-state index contributed by atoms with van der Waals surface area (Å²) in [7, 11) is 0. The van der Waals surface area contributed by atoms with E-state index in [1.54, 1.807) is 6.07 Å². The molecule has 20 heavy (non-hydrogen) atoms. The van der Waals surface area contributed by atoms with Crippen LogP contribution >= 0.6 is 0 Å². The van der Waals surface area contributed by atoms with Gasteiger partial charge in [-0.2, -0.15) is 5.26 Å². The number of nitro benzene ring substituents is 1. The fraction of sp³-hybridized carbons (Fsp3) is 0.250. The highest BCUT2D eigenvalue weighted by Crippen LogP contribution is 2.12. The number of esters is 1. The summed E-state index contributed by atoms with van der Waals surface area (Å²) in [6.07, 6.45) is -0.905. The number of rotatable bonds is 5. The minimum atomic E-state index is -0.905. The van der Waals surface area contributed by atoms with E-state index in [-0.39, 0.29) is 11.3 Å². The number of hydrogen-bond acceptors (Lipinski definition) is 6. The molecule has 0 unspecified atom stereocenters. The molecule has 0 bridgehead atoms. The van der Waals surface area contributed by atoms with Crippen molar-refractivity contribution < 1.29 is 19.2 Å². The van der Waals surface area contributed by atoms with Crippen LogP contribution in [0.2, 0.25) is 0 Å². The summed E-state index contributed by atoms with van der Waals surface area (Å²) in [5.74, 6) is -1.41. The average Bonchev–Trinajstić information content (AvgIpc) is 2.44. The van der Waals surface area contributed by atoms with Crippen LogP contribution in [-0.4, -0.2) is 29.4 Å². The van der Waals surface area contributed by atoms with Crippen molar-refractivity contribution in [1.29, 1.82) is 5.26 Å². The second kappa shape index (κ2) is 6.84. The van der Waals surface area contributed by atoms with Gasteiger partial charge in [0.05, 0.1) is 4.92 Å². The lowest BCUT2D eigenvalue weighted by Gasteiger charge is -2.07. The Hall–Kier alpha value is -2.95. The second-order valence-corrected chi connectivity index (χ2v) is 3.75. The molecule has 8 heteroatoms. The third kappa shape index (κ3) is 4.38. The van der Waals surface area contributed by atoms with Crippen molar-refractivity contribution in [3.05, 3.63) is 39.9 Å². The number of nitriles is 1. The van der Waals surface area contributed by atoms with Crippen molar-refractivity contribution >= 4 is 17.6 Å². The molecule has 1 rings (SSSR count). The topological polar surface area (TPSA) is 122 Å². The van der Waals surface area contributed by atoms with Crippen LogP contribution in [0, 0.1) is 21.4 Å². The maximum atomic E-state index is 11.7. The molecule has 1 N–H and O–H groups in total. The number of non-ortho nitro benzene ring substituents is 1. The van der Waals surface area contributed by atoms with Crippen molar-refractivity contribution in [2.75, 3.05) is 6.54 Å². The minimum absolute atomic E-state index is 0.0559. The first-order valence-corrected chi connectivity index (χ1v) is 5.55. The molecule has 8 nitrogen and oxygen atoms in total. The summed E-state index contributed by atoms with van der Waals surface area (Å²) in [4.78, 5) is 32.8. The van der Waals surface area contributed by atoms with Gasteiger partial charge >= 0.3 is 5.97 Å². The number of carbonyl (C=O) groups is 2. The maximum Gasteiger partial charge on any atom is 0.326 e. The number of nitrogens with zero attached hydrogens (tertiary/aromatic N) is 2. The molecule has 0 aliphatic heterocycles. The molecule has 0 aromatic heterocycles. The SMILES string of the molecule is C[C@H](C#N)OC(=O)CNC(=O)c1cccc([N+](=O)[O-])c1. The zero-order valence-electron chi connectivity index (χ0n) is 10.5. The largest absolute Gasteiger partial charge is 0.446 e. The molecule has 1 aromatic carbocycles. The second-order valence-electron chi connectivity index (χ2n) is 3.75. The molecule has 1 amide bonds. The summed E-state index contributed by atoms with van der Waals surface area (Å²) in [6, 6.07) is 6.79. The van der Waals surface area contributed by atoms with Crippen LogP contribution in [0.5, 0.6) is 0 Å². The smallest absolute Gasteiger partial charge is 0.326 e. The van der Waals surface area contributed by atoms with Gasteiger partial charge in [0, 0.05) is 17.7 Å². The predicted octanol–water partition coefficient (Wildman–Crippen LogP) is 0.780. The lowest BCUT2D eigenvalue weighted by molar-refractivity contribution is -0.384. The van der Waals surface area contributed by atoms with Crippen LogP contribution in [0.15, 0.2) is 24.3 Å². The Morgan fingerprint density at radius 2 is 2.25 bits per heavy atom. The van der Waals surface area contributed by atoms with Gasteiger partial charge in [0.2, 0.25) is 0 Å². The van der Waals surface area contributed by atoms with Crippen molar-refractivity contribution in [3.63, 3.8) is 0 Å². The van der Waals surface area contributed by atoms with Crippen LogP contribution in [0.4, 0.5) is 5.69 Å². The fourth-order valence-corrected chi connectivity index (χ4v) is 1.28. The number of nitrogens with one attached hydrogen (secondary N) is 1. The van der Waals surface area contributed by atoms with E-state index < -0.39 is 29.4 Å². The van der Waals surface area contributed by atoms with Crippen LogP contribution in [0.1, 0.15) is 17.3 Å². The Morgan fingerprint density at radius 1 is 1.55 bits per heavy atom. The quantitative estimate of drug-likeness (QED) is 0.482. The van der Waals surface area contributed by atoms with Crippen LogP contribution < -0.4 is 5.32 Å². The first-order valence-electron chi connectivity index (χ1n) is 5.55. The molecule has 0 spiro atoms. The Balaban J connectivity index is 2.59. The molecule has 0 radical (unpaired) electrons. The predicted molar refractivity (Wildman–Crippen MR) is 66.6 cm³/mol. The highest BCUT2D eigenvalue weighted by molar-refractivity contribution is 5.96. The monoisotopic (exact) mass is 277 g/mol. The van der Waals surface area contributed by atoms with E-state index in [0.717, 1.165) is 6.07 Å². The van der Waals surface area contributed by atoms with E-state index >= 15 is 0 Å². The third-order valence-corrected chi connectivity index (χ3v) is 2.20. The Bertz CT molecular complexity index is 579. The van der Waals surface area contributed by atoms with E-state index in [2.05, 4.69) is 10.1 Å². The van der Waals surface area contributed by atoms with E-state index in [1.165, 1.54) is 25.1 Å². The molecule has 1 aromatic rings. The molecular weight excluding hydrogens is 266 g/mol. The van der Waals surface area contributed by atoms with Gasteiger partial charge in [-0.25, -0.2) is 0 Å². The number of amides is 1. The van der Waals surface area contributed by atoms with E-state index in [4.69, 9.17) is 5.26 Å². The number of hydrogen-bond donors (Lipinski definition) is 1. The highest BCUT2D eigenvalue weighted by atomic mass is 16.6. The number of nitro groups is 1. The molecule has 0 saturated carbocycles. The lowest BCUT2D eigenvalue weighted by atomic mass is 10.2. The average molecular weight is 277 g/mol. The van der Waals surface area contributed by atoms with E-state index in [0.29, 0.717) is 0 Å². The summed E-state index contributed by atoms with van der Waals surface area (Å²) in [5, 5.41) is 21.3. The first kappa shape index (κ1) is 15.1. The number of ether oxygens (including phenoxy) is 1. The van der Waals surface area contributed by atoms with Crippen molar-refractivity contribution in [1.82, 2.24) is 5.32 Å². The van der Waals surface area contributed by atoms with Gasteiger partial charge in [-0.05, 0) is 13.0 Å². The number of carbonyl (C=O) groups excluding carboxylic acids is 2. The summed E-state index contributed by atoms with van der Waals surface area (Å²) >= 11 is 0.